The Morgan fingerprint density at radius 3 is 2.31 bits per heavy atom. The number of aryl methyl sites for hydroxylation is 1. The normalized spacial score (nSPS) is 12.6. The third-order valence-corrected chi connectivity index (χ3v) is 4.34. The van der Waals surface area contributed by atoms with Gasteiger partial charge in [0.1, 0.15) is 0 Å². The van der Waals surface area contributed by atoms with Crippen molar-refractivity contribution in [2.24, 2.45) is 0 Å². The van der Waals surface area contributed by atoms with Crippen molar-refractivity contribution in [3.05, 3.63) is 83.0 Å². The Morgan fingerprint density at radius 2 is 1.50 bits per heavy atom. The van der Waals surface area contributed by atoms with Crippen molar-refractivity contribution in [3.63, 3.8) is 0 Å². The van der Waals surface area contributed by atoms with E-state index in [1.165, 1.54) is 5.39 Å². The van der Waals surface area contributed by atoms with Gasteiger partial charge < -0.3 is 0 Å². The number of nitrogens with zero attached hydrogens (tertiary/aromatic N) is 2. The van der Waals surface area contributed by atoms with E-state index in [9.17, 15) is 4.79 Å². The summed E-state index contributed by atoms with van der Waals surface area (Å²) >= 11 is 0. The molecule has 0 fully saturated rings. The number of aromatic nitrogens is 2. The molecule has 0 radical (unpaired) electrons. The molecule has 2 aromatic heterocycles. The van der Waals surface area contributed by atoms with Crippen LogP contribution in [0.5, 0.6) is 0 Å². The maximum atomic E-state index is 11.2. The standard InChI is InChI=1S/C13H9NO.C10H9N/c15-11-6-5-10-7-9-3-1-2-4-12(9)14-13(10)8-11;1-8-6-7-9-4-2-3-5-10(9)11-8/h1-5,7-8H,6H2;2-7H,1H3. The van der Waals surface area contributed by atoms with Crippen LogP contribution in [-0.2, 0) is 4.79 Å². The summed E-state index contributed by atoms with van der Waals surface area (Å²) in [7, 11) is 0. The maximum Gasteiger partial charge on any atom is 0.161 e. The van der Waals surface area contributed by atoms with Crippen LogP contribution >= 0.6 is 0 Å². The van der Waals surface area contributed by atoms with E-state index < -0.39 is 0 Å². The first kappa shape index (κ1) is 16.2. The number of fused-ring (bicyclic) bond motifs is 3. The number of hydrogen-bond acceptors (Lipinski definition) is 3. The molecule has 1 aliphatic carbocycles. The minimum atomic E-state index is 0.130. The van der Waals surface area contributed by atoms with E-state index in [0.717, 1.165) is 32.7 Å². The minimum absolute atomic E-state index is 0.130. The van der Waals surface area contributed by atoms with Crippen molar-refractivity contribution in [3.8, 4) is 0 Å². The molecule has 26 heavy (non-hydrogen) atoms. The average Bonchev–Trinajstić information content (AvgIpc) is 2.67. The predicted molar refractivity (Wildman–Crippen MR) is 106 cm³/mol. The summed E-state index contributed by atoms with van der Waals surface area (Å²) in [6.07, 6.45) is 4.06. The first-order valence-corrected chi connectivity index (χ1v) is 8.62. The summed E-state index contributed by atoms with van der Waals surface area (Å²) in [5, 5.41) is 4.19. The fourth-order valence-corrected chi connectivity index (χ4v) is 3.02. The second-order valence-electron chi connectivity index (χ2n) is 6.32. The molecule has 3 heteroatoms. The van der Waals surface area contributed by atoms with Gasteiger partial charge in [-0.2, -0.15) is 0 Å². The van der Waals surface area contributed by atoms with Gasteiger partial charge in [0.15, 0.2) is 5.78 Å². The van der Waals surface area contributed by atoms with Gasteiger partial charge in [0.05, 0.1) is 16.4 Å². The molecule has 126 valence electrons. The Bertz CT molecular complexity index is 1240. The van der Waals surface area contributed by atoms with Crippen LogP contribution in [0.3, 0.4) is 0 Å². The second-order valence-corrected chi connectivity index (χ2v) is 6.32. The van der Waals surface area contributed by atoms with Crippen molar-refractivity contribution >= 4 is 39.7 Å². The molecule has 4 aromatic rings. The fourth-order valence-electron chi connectivity index (χ4n) is 3.02. The van der Waals surface area contributed by atoms with Crippen molar-refractivity contribution in [2.75, 3.05) is 0 Å². The van der Waals surface area contributed by atoms with Gasteiger partial charge in [0, 0.05) is 29.0 Å². The molecule has 3 nitrogen and oxygen atoms in total. The lowest BCUT2D eigenvalue weighted by molar-refractivity contribution is -0.112. The number of Topliss-reactive ketones (excluding diaryl/α,β-unsaturated/α-hetero) is 1. The number of pyridine rings is 2. The number of para-hydroxylation sites is 2. The van der Waals surface area contributed by atoms with E-state index >= 15 is 0 Å². The zero-order valence-electron chi connectivity index (χ0n) is 14.5. The fraction of sp³-hybridized carbons (Fsp3) is 0.0870. The van der Waals surface area contributed by atoms with Gasteiger partial charge in [-0.05, 0) is 36.4 Å². The summed E-state index contributed by atoms with van der Waals surface area (Å²) in [6.45, 7) is 2.01. The van der Waals surface area contributed by atoms with Gasteiger partial charge in [0.2, 0.25) is 0 Å². The lowest BCUT2D eigenvalue weighted by Crippen LogP contribution is -2.32. The van der Waals surface area contributed by atoms with Crippen molar-refractivity contribution in [1.82, 2.24) is 9.97 Å². The van der Waals surface area contributed by atoms with Crippen molar-refractivity contribution in [1.29, 1.82) is 0 Å². The molecule has 2 aromatic carbocycles. The summed E-state index contributed by atoms with van der Waals surface area (Å²) in [6, 6.07) is 22.3. The Labute approximate surface area is 151 Å². The number of carbonyl (C=O) groups excluding carboxylic acids is 1. The third-order valence-electron chi connectivity index (χ3n) is 4.34. The number of carbonyl (C=O) groups is 1. The van der Waals surface area contributed by atoms with Gasteiger partial charge in [-0.3, -0.25) is 9.78 Å². The molecule has 1 aliphatic rings. The summed E-state index contributed by atoms with van der Waals surface area (Å²) < 4.78 is 0. The number of ketones is 1. The molecule has 0 saturated heterocycles. The lowest BCUT2D eigenvalue weighted by atomic mass is 10.1. The molecule has 0 saturated carbocycles. The van der Waals surface area contributed by atoms with Crippen LogP contribution in [0.1, 0.15) is 12.1 Å². The van der Waals surface area contributed by atoms with Crippen LogP contribution < -0.4 is 10.6 Å². The predicted octanol–water partition coefficient (Wildman–Crippen LogP) is 3.31. The smallest absolute Gasteiger partial charge is 0.161 e. The summed E-state index contributed by atoms with van der Waals surface area (Å²) in [4.78, 5) is 20.1. The SMILES string of the molecule is Cc1ccc2ccccc2n1.O=C1C=c2nc3ccccc3cc2=CC1. The third kappa shape index (κ3) is 3.38. The van der Waals surface area contributed by atoms with Gasteiger partial charge in [-0.15, -0.1) is 0 Å². The van der Waals surface area contributed by atoms with E-state index in [4.69, 9.17) is 0 Å². The minimum Gasteiger partial charge on any atom is -0.294 e. The Morgan fingerprint density at radius 1 is 0.808 bits per heavy atom. The topological polar surface area (TPSA) is 42.9 Å². The van der Waals surface area contributed by atoms with E-state index in [-0.39, 0.29) is 5.78 Å². The molecule has 0 aliphatic heterocycles. The van der Waals surface area contributed by atoms with Gasteiger partial charge in [0.25, 0.3) is 0 Å². The van der Waals surface area contributed by atoms with Crippen LogP contribution in [0, 0.1) is 6.92 Å². The highest BCUT2D eigenvalue weighted by atomic mass is 16.1. The van der Waals surface area contributed by atoms with E-state index in [1.54, 1.807) is 6.08 Å². The molecule has 5 rings (SSSR count). The molecule has 0 unspecified atom stereocenters. The van der Waals surface area contributed by atoms with Gasteiger partial charge in [-0.1, -0.05) is 48.5 Å². The zero-order chi connectivity index (χ0) is 17.9. The second kappa shape index (κ2) is 6.89. The van der Waals surface area contributed by atoms with Crippen LogP contribution in [0.4, 0.5) is 0 Å². The Hall–Kier alpha value is -3.33. The molecular weight excluding hydrogens is 320 g/mol. The molecule has 0 atom stereocenters. The van der Waals surface area contributed by atoms with Crippen molar-refractivity contribution in [2.45, 2.75) is 13.3 Å². The Balaban J connectivity index is 0.000000136. The largest absolute Gasteiger partial charge is 0.294 e. The van der Waals surface area contributed by atoms with Crippen molar-refractivity contribution < 1.29 is 4.79 Å². The Kier molecular flexibility index (Phi) is 4.28. The molecule has 2 heterocycles. The summed E-state index contributed by atoms with van der Waals surface area (Å²) in [5.41, 5.74) is 3.09. The number of hydrogen-bond donors (Lipinski definition) is 0. The zero-order valence-corrected chi connectivity index (χ0v) is 14.5. The molecule has 0 amide bonds. The molecule has 0 bridgehead atoms. The molecule has 0 N–H and O–H groups in total. The van der Waals surface area contributed by atoms with Crippen LogP contribution in [0.25, 0.3) is 34.0 Å². The first-order valence-electron chi connectivity index (χ1n) is 8.62. The van der Waals surface area contributed by atoms with E-state index in [2.05, 4.69) is 28.2 Å². The highest BCUT2D eigenvalue weighted by molar-refractivity contribution is 6.09. The van der Waals surface area contributed by atoms with E-state index in [0.29, 0.717) is 6.42 Å². The maximum absolute atomic E-state index is 11.2. The van der Waals surface area contributed by atoms with Crippen LogP contribution in [0.15, 0.2) is 66.7 Å². The van der Waals surface area contributed by atoms with E-state index in [1.807, 2.05) is 61.5 Å². The number of benzene rings is 2. The summed E-state index contributed by atoms with van der Waals surface area (Å²) in [5.74, 6) is 0.130. The monoisotopic (exact) mass is 338 g/mol. The quantitative estimate of drug-likeness (QED) is 0.494. The average molecular weight is 338 g/mol. The first-order chi connectivity index (χ1) is 12.7. The van der Waals surface area contributed by atoms with Gasteiger partial charge >= 0.3 is 0 Å². The molecular formula is C23H18N2O. The van der Waals surface area contributed by atoms with Crippen LogP contribution in [-0.4, -0.2) is 15.8 Å². The lowest BCUT2D eigenvalue weighted by Gasteiger charge is -2.01. The number of rotatable bonds is 0. The highest BCUT2D eigenvalue weighted by Crippen LogP contribution is 2.10. The molecule has 0 spiro atoms. The highest BCUT2D eigenvalue weighted by Gasteiger charge is 2.03. The van der Waals surface area contributed by atoms with Gasteiger partial charge in [-0.25, -0.2) is 4.98 Å². The van der Waals surface area contributed by atoms with Crippen LogP contribution in [0.2, 0.25) is 0 Å².